The van der Waals surface area contributed by atoms with Gasteiger partial charge in [-0.2, -0.15) is 0 Å². The van der Waals surface area contributed by atoms with E-state index in [1.807, 2.05) is 0 Å². The molecule has 2 aromatic rings. The van der Waals surface area contributed by atoms with Crippen molar-refractivity contribution in [3.05, 3.63) is 37.8 Å². The van der Waals surface area contributed by atoms with Crippen LogP contribution >= 0.6 is 27.5 Å². The van der Waals surface area contributed by atoms with Crippen molar-refractivity contribution in [2.24, 2.45) is 0 Å². The summed E-state index contributed by atoms with van der Waals surface area (Å²) in [5, 5.41) is 1.09. The third kappa shape index (κ3) is 1.55. The van der Waals surface area contributed by atoms with Gasteiger partial charge in [-0.25, -0.2) is 4.98 Å². The molecule has 1 N–H and O–H groups in total. The molecule has 0 aliphatic heterocycles. The maximum atomic E-state index is 11.5. The summed E-state index contributed by atoms with van der Waals surface area (Å²) in [7, 11) is 0. The van der Waals surface area contributed by atoms with Crippen LogP contribution in [0.4, 0.5) is 0 Å². The zero-order valence-electron chi connectivity index (χ0n) is 7.27. The second-order valence-corrected chi connectivity index (χ2v) is 4.20. The number of nitrogens with zero attached hydrogens (tertiary/aromatic N) is 1. The van der Waals surface area contributed by atoms with Gasteiger partial charge in [0.1, 0.15) is 5.82 Å². The first kappa shape index (κ1) is 9.68. The van der Waals surface area contributed by atoms with E-state index < -0.39 is 0 Å². The van der Waals surface area contributed by atoms with E-state index in [2.05, 4.69) is 25.9 Å². The normalized spacial score (nSPS) is 10.8. The van der Waals surface area contributed by atoms with Crippen LogP contribution in [-0.2, 0) is 0 Å². The standard InChI is InChI=1S/C9H6BrClN2O/c1-4-12-8-3-7(11)6(10)2-5(8)9(14)13-4/h2-3H,1H3,(H,12,13,14). The van der Waals surface area contributed by atoms with Gasteiger partial charge >= 0.3 is 0 Å². The molecule has 0 fully saturated rings. The van der Waals surface area contributed by atoms with Gasteiger partial charge in [-0.1, -0.05) is 11.6 Å². The van der Waals surface area contributed by atoms with E-state index >= 15 is 0 Å². The molecule has 72 valence electrons. The SMILES string of the molecule is Cc1nc2cc(Cl)c(Br)cc2c(=O)[nH]1. The Morgan fingerprint density at radius 1 is 1.50 bits per heavy atom. The molecule has 0 saturated carbocycles. The number of aromatic nitrogens is 2. The average Bonchev–Trinajstić information content (AvgIpc) is 2.08. The zero-order chi connectivity index (χ0) is 10.3. The Hall–Kier alpha value is -0.870. The van der Waals surface area contributed by atoms with Gasteiger partial charge in [0.25, 0.3) is 5.56 Å². The minimum absolute atomic E-state index is 0.148. The number of hydrogen-bond donors (Lipinski definition) is 1. The van der Waals surface area contributed by atoms with Crippen LogP contribution in [-0.4, -0.2) is 9.97 Å². The van der Waals surface area contributed by atoms with Crippen molar-refractivity contribution < 1.29 is 0 Å². The van der Waals surface area contributed by atoms with Crippen LogP contribution in [0.1, 0.15) is 5.82 Å². The first-order chi connectivity index (χ1) is 6.58. The summed E-state index contributed by atoms with van der Waals surface area (Å²) in [6.45, 7) is 1.73. The van der Waals surface area contributed by atoms with Crippen molar-refractivity contribution in [2.75, 3.05) is 0 Å². The maximum Gasteiger partial charge on any atom is 0.258 e. The third-order valence-electron chi connectivity index (χ3n) is 1.87. The summed E-state index contributed by atoms with van der Waals surface area (Å²) in [4.78, 5) is 18.3. The average molecular weight is 274 g/mol. The molecule has 14 heavy (non-hydrogen) atoms. The van der Waals surface area contributed by atoms with E-state index in [0.29, 0.717) is 26.2 Å². The monoisotopic (exact) mass is 272 g/mol. The number of aromatic amines is 1. The third-order valence-corrected chi connectivity index (χ3v) is 3.06. The number of fused-ring (bicyclic) bond motifs is 1. The fraction of sp³-hybridized carbons (Fsp3) is 0.111. The van der Waals surface area contributed by atoms with E-state index in [0.717, 1.165) is 0 Å². The summed E-state index contributed by atoms with van der Waals surface area (Å²) >= 11 is 9.15. The number of H-pyrrole nitrogens is 1. The minimum Gasteiger partial charge on any atom is -0.310 e. The second kappa shape index (κ2) is 3.37. The predicted molar refractivity (Wildman–Crippen MR) is 59.8 cm³/mol. The minimum atomic E-state index is -0.148. The van der Waals surface area contributed by atoms with Crippen LogP contribution in [0.15, 0.2) is 21.4 Å². The largest absolute Gasteiger partial charge is 0.310 e. The van der Waals surface area contributed by atoms with Gasteiger partial charge in [0, 0.05) is 4.47 Å². The van der Waals surface area contributed by atoms with E-state index in [4.69, 9.17) is 11.6 Å². The highest BCUT2D eigenvalue weighted by Crippen LogP contribution is 2.25. The quantitative estimate of drug-likeness (QED) is 0.802. The topological polar surface area (TPSA) is 45.8 Å². The van der Waals surface area contributed by atoms with E-state index in [1.165, 1.54) is 0 Å². The lowest BCUT2D eigenvalue weighted by Crippen LogP contribution is -2.09. The van der Waals surface area contributed by atoms with Gasteiger partial charge in [-0.3, -0.25) is 4.79 Å². The summed E-state index contributed by atoms with van der Waals surface area (Å²) in [6.07, 6.45) is 0. The Labute approximate surface area is 93.2 Å². The molecule has 0 spiro atoms. The molecule has 5 heteroatoms. The van der Waals surface area contributed by atoms with Crippen molar-refractivity contribution in [3.63, 3.8) is 0 Å². The first-order valence-corrected chi connectivity index (χ1v) is 5.10. The molecule has 1 aromatic carbocycles. The molecule has 0 atom stereocenters. The highest BCUT2D eigenvalue weighted by atomic mass is 79.9. The highest BCUT2D eigenvalue weighted by molar-refractivity contribution is 9.10. The number of nitrogens with one attached hydrogen (secondary N) is 1. The van der Waals surface area contributed by atoms with Crippen LogP contribution in [0, 0.1) is 6.92 Å². The fourth-order valence-electron chi connectivity index (χ4n) is 1.25. The Kier molecular flexibility index (Phi) is 2.33. The van der Waals surface area contributed by atoms with Crippen LogP contribution in [0.5, 0.6) is 0 Å². The van der Waals surface area contributed by atoms with E-state index in [9.17, 15) is 4.79 Å². The number of rotatable bonds is 0. The molecule has 0 bridgehead atoms. The number of hydrogen-bond acceptors (Lipinski definition) is 2. The van der Waals surface area contributed by atoms with Crippen LogP contribution in [0.3, 0.4) is 0 Å². The number of benzene rings is 1. The van der Waals surface area contributed by atoms with Gasteiger partial charge in [0.2, 0.25) is 0 Å². The van der Waals surface area contributed by atoms with Crippen LogP contribution in [0.25, 0.3) is 10.9 Å². The smallest absolute Gasteiger partial charge is 0.258 e. The number of aryl methyl sites for hydroxylation is 1. The molecule has 0 unspecified atom stereocenters. The zero-order valence-corrected chi connectivity index (χ0v) is 9.61. The summed E-state index contributed by atoms with van der Waals surface area (Å²) in [5.74, 6) is 0.584. The summed E-state index contributed by atoms with van der Waals surface area (Å²) in [5.41, 5.74) is 0.462. The lowest BCUT2D eigenvalue weighted by atomic mass is 10.2. The van der Waals surface area contributed by atoms with Gasteiger partial charge in [-0.05, 0) is 35.0 Å². The van der Waals surface area contributed by atoms with Crippen molar-refractivity contribution >= 4 is 38.4 Å². The predicted octanol–water partition coefficient (Wildman–Crippen LogP) is 2.65. The van der Waals surface area contributed by atoms with Crippen molar-refractivity contribution in [2.45, 2.75) is 6.92 Å². The summed E-state index contributed by atoms with van der Waals surface area (Å²) < 4.78 is 0.697. The van der Waals surface area contributed by atoms with Gasteiger partial charge in [-0.15, -0.1) is 0 Å². The molecule has 0 radical (unpaired) electrons. The number of halogens is 2. The van der Waals surface area contributed by atoms with Gasteiger partial charge in [0.15, 0.2) is 0 Å². The Bertz CT molecular complexity index is 564. The molecule has 0 saturated heterocycles. The molecule has 3 nitrogen and oxygen atoms in total. The molecule has 0 aliphatic carbocycles. The Balaban J connectivity index is 2.96. The van der Waals surface area contributed by atoms with Crippen molar-refractivity contribution in [3.8, 4) is 0 Å². The molecule has 1 aromatic heterocycles. The lowest BCUT2D eigenvalue weighted by Gasteiger charge is -2.00. The highest BCUT2D eigenvalue weighted by Gasteiger charge is 2.05. The molecule has 1 heterocycles. The maximum absolute atomic E-state index is 11.5. The fourth-order valence-corrected chi connectivity index (χ4v) is 1.75. The first-order valence-electron chi connectivity index (χ1n) is 3.93. The Morgan fingerprint density at radius 2 is 2.21 bits per heavy atom. The molecular formula is C9H6BrClN2O. The second-order valence-electron chi connectivity index (χ2n) is 2.93. The molecule has 2 rings (SSSR count). The Morgan fingerprint density at radius 3 is 2.93 bits per heavy atom. The van der Waals surface area contributed by atoms with Crippen LogP contribution < -0.4 is 5.56 Å². The van der Waals surface area contributed by atoms with E-state index in [1.54, 1.807) is 19.1 Å². The van der Waals surface area contributed by atoms with Crippen molar-refractivity contribution in [1.82, 2.24) is 9.97 Å². The van der Waals surface area contributed by atoms with E-state index in [-0.39, 0.29) is 5.56 Å². The summed E-state index contributed by atoms with van der Waals surface area (Å²) in [6, 6.07) is 3.34. The lowest BCUT2D eigenvalue weighted by molar-refractivity contribution is 1.06. The molecule has 0 amide bonds. The van der Waals surface area contributed by atoms with Gasteiger partial charge in [0.05, 0.1) is 15.9 Å². The van der Waals surface area contributed by atoms with Gasteiger partial charge < -0.3 is 4.98 Å². The van der Waals surface area contributed by atoms with Crippen molar-refractivity contribution in [1.29, 1.82) is 0 Å². The van der Waals surface area contributed by atoms with Crippen LogP contribution in [0.2, 0.25) is 5.02 Å². The molecular weight excluding hydrogens is 267 g/mol. The molecule has 0 aliphatic rings.